The van der Waals surface area contributed by atoms with Gasteiger partial charge >= 0.3 is 0 Å². The lowest BCUT2D eigenvalue weighted by molar-refractivity contribution is 0.122. The molecule has 1 aliphatic rings. The van der Waals surface area contributed by atoms with E-state index in [0.717, 1.165) is 35.4 Å². The van der Waals surface area contributed by atoms with Gasteiger partial charge in [0.25, 0.3) is 0 Å². The molecule has 9 heteroatoms. The van der Waals surface area contributed by atoms with Crippen LogP contribution in [0.3, 0.4) is 0 Å². The lowest BCUT2D eigenvalue weighted by Crippen LogP contribution is -2.37. The second-order valence-electron chi connectivity index (χ2n) is 7.47. The molecule has 0 bridgehead atoms. The van der Waals surface area contributed by atoms with Crippen molar-refractivity contribution in [1.29, 1.82) is 0 Å². The molecule has 0 radical (unpaired) electrons. The van der Waals surface area contributed by atoms with Gasteiger partial charge in [0.1, 0.15) is 0 Å². The second kappa shape index (κ2) is 9.36. The minimum absolute atomic E-state index is 0.535. The van der Waals surface area contributed by atoms with Crippen molar-refractivity contribution in [3.63, 3.8) is 0 Å². The summed E-state index contributed by atoms with van der Waals surface area (Å²) in [5.74, 6) is 2.67. The van der Waals surface area contributed by atoms with Gasteiger partial charge in [0.05, 0.1) is 30.9 Å². The van der Waals surface area contributed by atoms with Crippen molar-refractivity contribution in [3.05, 3.63) is 71.2 Å². The molecule has 0 unspecified atom stereocenters. The second-order valence-corrected chi connectivity index (χ2v) is 8.85. The van der Waals surface area contributed by atoms with E-state index in [0.29, 0.717) is 35.6 Å². The van der Waals surface area contributed by atoms with Crippen LogP contribution < -0.4 is 4.90 Å². The van der Waals surface area contributed by atoms with Gasteiger partial charge in [-0.15, -0.1) is 10.2 Å². The molecule has 32 heavy (non-hydrogen) atoms. The van der Waals surface area contributed by atoms with Crippen molar-refractivity contribution in [2.75, 3.05) is 31.2 Å². The van der Waals surface area contributed by atoms with Crippen molar-refractivity contribution < 1.29 is 9.15 Å². The Balaban J connectivity index is 1.40. The molecule has 2 aromatic carbocycles. The molecule has 0 saturated carbocycles. The van der Waals surface area contributed by atoms with Gasteiger partial charge in [-0.05, 0) is 31.2 Å². The number of nitrogens with zero attached hydrogens (tertiary/aromatic N) is 5. The fraction of sp³-hybridized carbons (Fsp3) is 0.261. The number of morpholine rings is 1. The average molecular weight is 468 g/mol. The number of ether oxygens (including phenoxy) is 1. The number of hydrogen-bond acceptors (Lipinski definition) is 7. The van der Waals surface area contributed by atoms with Crippen molar-refractivity contribution in [2.45, 2.75) is 17.8 Å². The number of rotatable bonds is 6. The number of hydrogen-bond donors (Lipinski definition) is 0. The van der Waals surface area contributed by atoms with Crippen LogP contribution in [0.1, 0.15) is 11.5 Å². The normalized spacial score (nSPS) is 14.1. The van der Waals surface area contributed by atoms with Gasteiger partial charge < -0.3 is 14.1 Å². The number of anilines is 1. The topological polar surface area (TPSA) is 69.2 Å². The maximum absolute atomic E-state index is 6.10. The van der Waals surface area contributed by atoms with Gasteiger partial charge in [0, 0.05) is 23.7 Å². The quantitative estimate of drug-likeness (QED) is 0.369. The highest BCUT2D eigenvalue weighted by Crippen LogP contribution is 2.30. The Bertz CT molecular complexity index is 1200. The van der Waals surface area contributed by atoms with Crippen LogP contribution in [0.2, 0.25) is 5.02 Å². The first-order chi connectivity index (χ1) is 15.7. The molecule has 0 atom stereocenters. The SMILES string of the molecule is Cc1ccc(-n2c(SCc3ncc(-c4cccc(Cl)c4)o3)nnc2N2CCOCC2)cc1. The summed E-state index contributed by atoms with van der Waals surface area (Å²) in [4.78, 5) is 6.64. The Kier molecular flexibility index (Phi) is 6.16. The summed E-state index contributed by atoms with van der Waals surface area (Å²) in [5, 5.41) is 10.5. The summed E-state index contributed by atoms with van der Waals surface area (Å²) in [6.07, 6.45) is 1.73. The first-order valence-electron chi connectivity index (χ1n) is 10.4. The molecule has 5 rings (SSSR count). The first kappa shape index (κ1) is 21.1. The lowest BCUT2D eigenvalue weighted by atomic mass is 10.2. The monoisotopic (exact) mass is 467 g/mol. The molecule has 0 spiro atoms. The molecule has 7 nitrogen and oxygen atoms in total. The summed E-state index contributed by atoms with van der Waals surface area (Å²) in [7, 11) is 0. The van der Waals surface area contributed by atoms with Gasteiger partial charge in [0.2, 0.25) is 11.8 Å². The molecule has 3 heterocycles. The standard InChI is InChI=1S/C23H22ClN5O2S/c1-16-5-7-19(8-6-16)29-22(28-9-11-30-12-10-28)26-27-23(29)32-15-21-25-14-20(31-21)17-3-2-4-18(24)13-17/h2-8,13-14H,9-12,15H2,1H3. The van der Waals surface area contributed by atoms with E-state index in [-0.39, 0.29) is 0 Å². The minimum atomic E-state index is 0.535. The number of benzene rings is 2. The van der Waals surface area contributed by atoms with Crippen LogP contribution in [-0.2, 0) is 10.5 Å². The zero-order chi connectivity index (χ0) is 21.9. The summed E-state index contributed by atoms with van der Waals surface area (Å²) in [6.45, 7) is 5.03. The molecule has 1 saturated heterocycles. The lowest BCUT2D eigenvalue weighted by Gasteiger charge is -2.27. The molecule has 164 valence electrons. The molecular weight excluding hydrogens is 446 g/mol. The zero-order valence-corrected chi connectivity index (χ0v) is 19.1. The van der Waals surface area contributed by atoms with E-state index in [1.807, 2.05) is 24.3 Å². The smallest absolute Gasteiger partial charge is 0.232 e. The molecule has 2 aromatic heterocycles. The van der Waals surface area contributed by atoms with Gasteiger partial charge in [-0.1, -0.05) is 53.2 Å². The summed E-state index contributed by atoms with van der Waals surface area (Å²) in [5.41, 5.74) is 3.13. The Morgan fingerprint density at radius 1 is 1.06 bits per heavy atom. The summed E-state index contributed by atoms with van der Waals surface area (Å²) in [6, 6.07) is 15.9. The number of oxazole rings is 1. The molecule has 0 aliphatic carbocycles. The highest BCUT2D eigenvalue weighted by molar-refractivity contribution is 7.98. The van der Waals surface area contributed by atoms with Gasteiger partial charge in [-0.2, -0.15) is 0 Å². The van der Waals surface area contributed by atoms with E-state index < -0.39 is 0 Å². The summed E-state index contributed by atoms with van der Waals surface area (Å²) < 4.78 is 13.6. The highest BCUT2D eigenvalue weighted by Gasteiger charge is 2.22. The molecule has 1 aliphatic heterocycles. The van der Waals surface area contributed by atoms with Gasteiger partial charge in [-0.3, -0.25) is 4.57 Å². The number of thioether (sulfide) groups is 1. The Morgan fingerprint density at radius 2 is 1.88 bits per heavy atom. The van der Waals surface area contributed by atoms with E-state index in [4.69, 9.17) is 20.8 Å². The fourth-order valence-corrected chi connectivity index (χ4v) is 4.51. The maximum atomic E-state index is 6.10. The predicted octanol–water partition coefficient (Wildman–Crippen LogP) is 5.01. The zero-order valence-electron chi connectivity index (χ0n) is 17.6. The molecule has 4 aromatic rings. The molecule has 1 fully saturated rings. The largest absolute Gasteiger partial charge is 0.440 e. The van der Waals surface area contributed by atoms with Crippen molar-refractivity contribution in [2.24, 2.45) is 0 Å². The van der Waals surface area contributed by atoms with Crippen LogP contribution in [0.5, 0.6) is 0 Å². The average Bonchev–Trinajstić information content (AvgIpc) is 3.46. The van der Waals surface area contributed by atoms with Crippen LogP contribution in [-0.4, -0.2) is 46.1 Å². The molecule has 0 amide bonds. The molecular formula is C23H22ClN5O2S. The first-order valence-corrected chi connectivity index (χ1v) is 11.7. The van der Waals surface area contributed by atoms with E-state index in [1.54, 1.807) is 18.0 Å². The maximum Gasteiger partial charge on any atom is 0.232 e. The van der Waals surface area contributed by atoms with Crippen molar-refractivity contribution >= 4 is 29.3 Å². The summed E-state index contributed by atoms with van der Waals surface area (Å²) >= 11 is 7.64. The minimum Gasteiger partial charge on any atom is -0.440 e. The Labute approximate surface area is 195 Å². The van der Waals surface area contributed by atoms with Gasteiger partial charge in [0.15, 0.2) is 10.9 Å². The predicted molar refractivity (Wildman–Crippen MR) is 126 cm³/mol. The van der Waals surface area contributed by atoms with Crippen LogP contribution in [0.15, 0.2) is 64.3 Å². The third-order valence-electron chi connectivity index (χ3n) is 5.19. The van der Waals surface area contributed by atoms with Crippen LogP contribution >= 0.6 is 23.4 Å². The number of halogens is 1. The van der Waals surface area contributed by atoms with Crippen molar-refractivity contribution in [1.82, 2.24) is 19.7 Å². The van der Waals surface area contributed by atoms with Crippen LogP contribution in [0, 0.1) is 6.92 Å². The van der Waals surface area contributed by atoms with E-state index in [1.165, 1.54) is 5.56 Å². The van der Waals surface area contributed by atoms with Crippen LogP contribution in [0.25, 0.3) is 17.0 Å². The fourth-order valence-electron chi connectivity index (χ4n) is 3.52. The van der Waals surface area contributed by atoms with Crippen LogP contribution in [0.4, 0.5) is 5.95 Å². The third-order valence-corrected chi connectivity index (χ3v) is 6.34. The Morgan fingerprint density at radius 3 is 2.66 bits per heavy atom. The number of aryl methyl sites for hydroxylation is 1. The number of aromatic nitrogens is 4. The molecule has 0 N–H and O–H groups in total. The van der Waals surface area contributed by atoms with Gasteiger partial charge in [-0.25, -0.2) is 4.98 Å². The highest BCUT2D eigenvalue weighted by atomic mass is 35.5. The van der Waals surface area contributed by atoms with E-state index in [9.17, 15) is 0 Å². The van der Waals surface area contributed by atoms with E-state index >= 15 is 0 Å². The van der Waals surface area contributed by atoms with Crippen molar-refractivity contribution in [3.8, 4) is 17.0 Å². The third kappa shape index (κ3) is 4.53. The van der Waals surface area contributed by atoms with E-state index in [2.05, 4.69) is 55.8 Å². The Hall–Kier alpha value is -2.81.